The van der Waals surface area contributed by atoms with E-state index in [4.69, 9.17) is 4.42 Å². The third kappa shape index (κ3) is 2.34. The Kier molecular flexibility index (Phi) is 3.55. The molecule has 0 radical (unpaired) electrons. The lowest BCUT2D eigenvalue weighted by atomic mass is 9.85. The van der Waals surface area contributed by atoms with E-state index < -0.39 is 4.92 Å². The van der Waals surface area contributed by atoms with Crippen LogP contribution in [0.3, 0.4) is 0 Å². The number of carbonyl (C=O) groups is 2. The van der Waals surface area contributed by atoms with Gasteiger partial charge in [0.15, 0.2) is 0 Å². The van der Waals surface area contributed by atoms with Crippen LogP contribution in [0.1, 0.15) is 12.2 Å². The number of amides is 2. The molecule has 0 spiro atoms. The second-order valence-electron chi connectivity index (χ2n) is 7.21. The van der Waals surface area contributed by atoms with Gasteiger partial charge in [-0.1, -0.05) is 24.3 Å². The van der Waals surface area contributed by atoms with Crippen LogP contribution in [0.25, 0.3) is 11.3 Å². The van der Waals surface area contributed by atoms with Gasteiger partial charge in [-0.15, -0.1) is 0 Å². The zero-order chi connectivity index (χ0) is 19.4. The molecule has 8 heteroatoms. The number of nitrogens with zero attached hydrogens (tertiary/aromatic N) is 3. The number of allylic oxidation sites excluding steroid dienone is 2. The number of imide groups is 1. The average Bonchev–Trinajstić information content (AvgIpc) is 3.46. The molecule has 1 saturated heterocycles. The number of rotatable bonds is 4. The Morgan fingerprint density at radius 2 is 1.75 bits per heavy atom. The van der Waals surface area contributed by atoms with E-state index in [9.17, 15) is 19.7 Å². The van der Waals surface area contributed by atoms with Crippen LogP contribution < -0.4 is 0 Å². The SMILES string of the molecule is O=C1[C@@H]2[C@@H](C(=O)N1/N=C\c1ccc(-c3ccccc3[N+](=O)[O-])o1)[C@@H]1C=C[C@@H]2C1. The van der Waals surface area contributed by atoms with E-state index in [-0.39, 0.29) is 41.2 Å². The highest BCUT2D eigenvalue weighted by Crippen LogP contribution is 2.52. The van der Waals surface area contributed by atoms with Gasteiger partial charge >= 0.3 is 0 Å². The average molecular weight is 377 g/mol. The summed E-state index contributed by atoms with van der Waals surface area (Å²) in [6.07, 6.45) is 6.21. The quantitative estimate of drug-likeness (QED) is 0.268. The lowest BCUT2D eigenvalue weighted by Crippen LogP contribution is -2.28. The van der Waals surface area contributed by atoms with Crippen LogP contribution in [0.2, 0.25) is 0 Å². The predicted octanol–water partition coefficient (Wildman–Crippen LogP) is 3.00. The molecule has 2 heterocycles. The Morgan fingerprint density at radius 3 is 2.43 bits per heavy atom. The number of para-hydroxylation sites is 1. The van der Waals surface area contributed by atoms with E-state index >= 15 is 0 Å². The number of hydrogen-bond acceptors (Lipinski definition) is 6. The lowest BCUT2D eigenvalue weighted by Gasteiger charge is -2.13. The Balaban J connectivity index is 1.39. The Labute approximate surface area is 159 Å². The molecule has 4 atom stereocenters. The van der Waals surface area contributed by atoms with Crippen molar-refractivity contribution >= 4 is 23.7 Å². The molecule has 1 aliphatic heterocycles. The molecule has 1 saturated carbocycles. The topological polar surface area (TPSA) is 106 Å². The van der Waals surface area contributed by atoms with Gasteiger partial charge in [0.25, 0.3) is 17.5 Å². The standard InChI is InChI=1S/C20H15N3O5/c24-19-17-11-5-6-12(9-11)18(17)20(25)22(19)21-10-13-7-8-16(28-13)14-3-1-2-4-15(14)23(26)27/h1-8,10-12,17-18H,9H2/b21-10-/t11-,12-,17+,18+/m1/s1. The fraction of sp³-hybridized carbons (Fsp3) is 0.250. The molecule has 0 N–H and O–H groups in total. The summed E-state index contributed by atoms with van der Waals surface area (Å²) in [5.74, 6) is -0.292. The van der Waals surface area contributed by atoms with Crippen LogP contribution in [-0.2, 0) is 9.59 Å². The first-order valence-corrected chi connectivity index (χ1v) is 8.98. The third-order valence-corrected chi connectivity index (χ3v) is 5.74. The van der Waals surface area contributed by atoms with Crippen molar-refractivity contribution in [3.63, 3.8) is 0 Å². The molecule has 5 rings (SSSR count). The van der Waals surface area contributed by atoms with Gasteiger partial charge in [-0.05, 0) is 36.5 Å². The second kappa shape index (κ2) is 5.98. The number of benzene rings is 1. The normalized spacial score (nSPS) is 27.9. The Bertz CT molecular complexity index is 1040. The van der Waals surface area contributed by atoms with Gasteiger partial charge in [0, 0.05) is 6.07 Å². The van der Waals surface area contributed by atoms with Crippen molar-refractivity contribution < 1.29 is 18.9 Å². The summed E-state index contributed by atoms with van der Waals surface area (Å²) >= 11 is 0. The van der Waals surface area contributed by atoms with Gasteiger partial charge in [-0.25, -0.2) is 0 Å². The molecule has 2 fully saturated rings. The molecule has 2 bridgehead atoms. The molecule has 28 heavy (non-hydrogen) atoms. The van der Waals surface area contributed by atoms with E-state index in [0.29, 0.717) is 17.1 Å². The summed E-state index contributed by atoms with van der Waals surface area (Å²) < 4.78 is 5.62. The molecule has 8 nitrogen and oxygen atoms in total. The van der Waals surface area contributed by atoms with Gasteiger partial charge < -0.3 is 4.42 Å². The number of hydrogen-bond donors (Lipinski definition) is 0. The van der Waals surface area contributed by atoms with Gasteiger partial charge in [-0.2, -0.15) is 10.1 Å². The first kappa shape index (κ1) is 16.6. The summed E-state index contributed by atoms with van der Waals surface area (Å²) in [6.45, 7) is 0. The number of fused-ring (bicyclic) bond motifs is 5. The molecular weight excluding hydrogens is 362 g/mol. The monoisotopic (exact) mass is 377 g/mol. The van der Waals surface area contributed by atoms with E-state index in [0.717, 1.165) is 11.4 Å². The van der Waals surface area contributed by atoms with Crippen LogP contribution in [0.5, 0.6) is 0 Å². The summed E-state index contributed by atoms with van der Waals surface area (Å²) in [5.41, 5.74) is 0.277. The van der Waals surface area contributed by atoms with E-state index in [2.05, 4.69) is 5.10 Å². The molecule has 2 amide bonds. The highest BCUT2D eigenvalue weighted by atomic mass is 16.6. The molecule has 0 unspecified atom stereocenters. The van der Waals surface area contributed by atoms with Crippen LogP contribution in [0.4, 0.5) is 5.69 Å². The van der Waals surface area contributed by atoms with Crippen molar-refractivity contribution in [2.45, 2.75) is 6.42 Å². The molecule has 2 aromatic rings. The number of nitro groups is 1. The summed E-state index contributed by atoms with van der Waals surface area (Å²) in [5, 5.41) is 16.2. The maximum absolute atomic E-state index is 12.6. The summed E-state index contributed by atoms with van der Waals surface area (Å²) in [7, 11) is 0. The first-order chi connectivity index (χ1) is 13.5. The third-order valence-electron chi connectivity index (χ3n) is 5.74. The predicted molar refractivity (Wildman–Crippen MR) is 98.0 cm³/mol. The van der Waals surface area contributed by atoms with Crippen LogP contribution in [-0.4, -0.2) is 28.0 Å². The Morgan fingerprint density at radius 1 is 1.07 bits per heavy atom. The van der Waals surface area contributed by atoms with E-state index in [1.54, 1.807) is 30.3 Å². The van der Waals surface area contributed by atoms with Gasteiger partial charge in [0.2, 0.25) is 0 Å². The minimum Gasteiger partial charge on any atom is -0.455 e. The van der Waals surface area contributed by atoms with Crippen molar-refractivity contribution in [1.29, 1.82) is 0 Å². The summed E-state index contributed by atoms with van der Waals surface area (Å²) in [6, 6.07) is 9.43. The first-order valence-electron chi connectivity index (χ1n) is 8.98. The van der Waals surface area contributed by atoms with Gasteiger partial charge in [-0.3, -0.25) is 19.7 Å². The fourth-order valence-electron chi connectivity index (χ4n) is 4.52. The second-order valence-corrected chi connectivity index (χ2v) is 7.21. The minimum absolute atomic E-state index is 0.0685. The molecule has 1 aromatic heterocycles. The van der Waals surface area contributed by atoms with Gasteiger partial charge in [0.1, 0.15) is 11.5 Å². The van der Waals surface area contributed by atoms with Crippen molar-refractivity contribution in [2.75, 3.05) is 0 Å². The summed E-state index contributed by atoms with van der Waals surface area (Å²) in [4.78, 5) is 35.9. The van der Waals surface area contributed by atoms with E-state index in [1.165, 1.54) is 12.3 Å². The zero-order valence-electron chi connectivity index (χ0n) is 14.6. The maximum atomic E-state index is 12.6. The van der Waals surface area contributed by atoms with Crippen LogP contribution in [0.15, 0.2) is 58.1 Å². The minimum atomic E-state index is -0.478. The largest absolute Gasteiger partial charge is 0.455 e. The zero-order valence-corrected chi connectivity index (χ0v) is 14.6. The number of hydrazone groups is 1. The molecule has 2 aliphatic carbocycles. The number of furan rings is 1. The highest BCUT2D eigenvalue weighted by Gasteiger charge is 2.59. The molecule has 140 valence electrons. The number of carbonyl (C=O) groups excluding carboxylic acids is 2. The number of nitro benzene ring substituents is 1. The van der Waals surface area contributed by atoms with Crippen molar-refractivity contribution in [3.05, 3.63) is 64.4 Å². The van der Waals surface area contributed by atoms with Crippen molar-refractivity contribution in [1.82, 2.24) is 5.01 Å². The molecule has 3 aliphatic rings. The van der Waals surface area contributed by atoms with Gasteiger partial charge in [0.05, 0.1) is 28.5 Å². The molecular formula is C20H15N3O5. The lowest BCUT2D eigenvalue weighted by molar-refractivity contribution is -0.384. The smallest absolute Gasteiger partial charge is 0.280 e. The fourth-order valence-corrected chi connectivity index (χ4v) is 4.52. The Hall–Kier alpha value is -3.55. The molecule has 1 aromatic carbocycles. The van der Waals surface area contributed by atoms with Crippen molar-refractivity contribution in [2.24, 2.45) is 28.8 Å². The highest BCUT2D eigenvalue weighted by molar-refractivity contribution is 6.06. The maximum Gasteiger partial charge on any atom is 0.280 e. The van der Waals surface area contributed by atoms with Crippen LogP contribution in [0, 0.1) is 33.8 Å². The van der Waals surface area contributed by atoms with Crippen molar-refractivity contribution in [3.8, 4) is 11.3 Å². The van der Waals surface area contributed by atoms with E-state index in [1.807, 2.05) is 12.2 Å². The van der Waals surface area contributed by atoms with Crippen LogP contribution >= 0.6 is 0 Å².